The molecule has 1 aromatic carbocycles. The molecular formula is C18H28ClNO3. The van der Waals surface area contributed by atoms with E-state index in [1.54, 1.807) is 14.2 Å². The Hall–Kier alpha value is -0.970. The van der Waals surface area contributed by atoms with Crippen molar-refractivity contribution >= 4 is 11.6 Å². The highest BCUT2D eigenvalue weighted by molar-refractivity contribution is 6.30. The van der Waals surface area contributed by atoms with Gasteiger partial charge in [-0.05, 0) is 45.2 Å². The van der Waals surface area contributed by atoms with Crippen LogP contribution in [-0.2, 0) is 11.3 Å². The number of benzene rings is 1. The zero-order valence-electron chi connectivity index (χ0n) is 14.6. The van der Waals surface area contributed by atoms with E-state index in [0.29, 0.717) is 16.7 Å². The van der Waals surface area contributed by atoms with Gasteiger partial charge in [0.15, 0.2) is 11.5 Å². The quantitative estimate of drug-likeness (QED) is 0.750. The molecule has 5 heteroatoms. The minimum Gasteiger partial charge on any atom is -0.493 e. The van der Waals surface area contributed by atoms with Crippen LogP contribution in [0.25, 0.3) is 0 Å². The van der Waals surface area contributed by atoms with Gasteiger partial charge in [-0.3, -0.25) is 4.90 Å². The fourth-order valence-electron chi connectivity index (χ4n) is 3.17. The van der Waals surface area contributed by atoms with Gasteiger partial charge in [0.25, 0.3) is 0 Å². The summed E-state index contributed by atoms with van der Waals surface area (Å²) in [6, 6.07) is 3.80. The summed E-state index contributed by atoms with van der Waals surface area (Å²) in [5.41, 5.74) is 1.08. The Kier molecular flexibility index (Phi) is 7.00. The monoisotopic (exact) mass is 341 g/mol. The topological polar surface area (TPSA) is 30.9 Å². The number of hydrogen-bond acceptors (Lipinski definition) is 4. The molecule has 1 aromatic rings. The van der Waals surface area contributed by atoms with E-state index in [1.807, 2.05) is 26.0 Å². The van der Waals surface area contributed by atoms with Crippen molar-refractivity contribution in [2.45, 2.75) is 39.3 Å². The van der Waals surface area contributed by atoms with Crippen molar-refractivity contribution in [3.05, 3.63) is 22.7 Å². The minimum atomic E-state index is 0.0893. The molecule has 1 heterocycles. The SMILES string of the molecule is COCC1CCCN(Cc2cc(Cl)cc(OC)c2OC(C)C)C1. The number of piperidine rings is 1. The Morgan fingerprint density at radius 1 is 1.30 bits per heavy atom. The van der Waals surface area contributed by atoms with Crippen molar-refractivity contribution in [1.29, 1.82) is 0 Å². The highest BCUT2D eigenvalue weighted by Gasteiger charge is 2.22. The summed E-state index contributed by atoms with van der Waals surface area (Å²) in [7, 11) is 3.42. The molecule has 1 saturated heterocycles. The van der Waals surface area contributed by atoms with E-state index >= 15 is 0 Å². The second-order valence-corrected chi connectivity index (χ2v) is 6.90. The molecule has 23 heavy (non-hydrogen) atoms. The highest BCUT2D eigenvalue weighted by atomic mass is 35.5. The Labute approximate surface area is 144 Å². The number of rotatable bonds is 7. The van der Waals surface area contributed by atoms with Gasteiger partial charge in [0.2, 0.25) is 0 Å². The van der Waals surface area contributed by atoms with Gasteiger partial charge in [0.1, 0.15) is 0 Å². The van der Waals surface area contributed by atoms with E-state index in [2.05, 4.69) is 4.90 Å². The summed E-state index contributed by atoms with van der Waals surface area (Å²) < 4.78 is 16.8. The van der Waals surface area contributed by atoms with Crippen LogP contribution in [0.4, 0.5) is 0 Å². The third-order valence-corrected chi connectivity index (χ3v) is 4.29. The molecule has 1 atom stereocenters. The largest absolute Gasteiger partial charge is 0.493 e. The van der Waals surface area contributed by atoms with E-state index < -0.39 is 0 Å². The van der Waals surface area contributed by atoms with Crippen molar-refractivity contribution in [1.82, 2.24) is 4.90 Å². The molecule has 1 aliphatic rings. The maximum Gasteiger partial charge on any atom is 0.166 e. The van der Waals surface area contributed by atoms with Crippen LogP contribution in [0.2, 0.25) is 5.02 Å². The molecule has 2 rings (SSSR count). The van der Waals surface area contributed by atoms with Crippen LogP contribution in [0.5, 0.6) is 11.5 Å². The number of halogens is 1. The molecule has 1 unspecified atom stereocenters. The number of likely N-dealkylation sites (tertiary alicyclic amines) is 1. The van der Waals surface area contributed by atoms with Crippen LogP contribution in [-0.4, -0.2) is 44.9 Å². The second kappa shape index (κ2) is 8.76. The highest BCUT2D eigenvalue weighted by Crippen LogP contribution is 2.36. The lowest BCUT2D eigenvalue weighted by atomic mass is 9.98. The first kappa shape index (κ1) is 18.4. The van der Waals surface area contributed by atoms with Gasteiger partial charge in [0.05, 0.1) is 19.8 Å². The first-order valence-corrected chi connectivity index (χ1v) is 8.65. The van der Waals surface area contributed by atoms with Gasteiger partial charge in [-0.15, -0.1) is 0 Å². The van der Waals surface area contributed by atoms with Crippen LogP contribution in [0.1, 0.15) is 32.3 Å². The fraction of sp³-hybridized carbons (Fsp3) is 0.667. The lowest BCUT2D eigenvalue weighted by Crippen LogP contribution is -2.36. The van der Waals surface area contributed by atoms with Crippen LogP contribution in [0, 0.1) is 5.92 Å². The predicted octanol–water partition coefficient (Wildman–Crippen LogP) is 3.99. The summed E-state index contributed by atoms with van der Waals surface area (Å²) >= 11 is 6.26. The minimum absolute atomic E-state index is 0.0893. The Bertz CT molecular complexity index is 505. The maximum atomic E-state index is 6.26. The van der Waals surface area contributed by atoms with E-state index in [0.717, 1.165) is 37.6 Å². The fourth-order valence-corrected chi connectivity index (χ4v) is 3.40. The van der Waals surface area contributed by atoms with E-state index in [-0.39, 0.29) is 6.10 Å². The van der Waals surface area contributed by atoms with Crippen molar-refractivity contribution < 1.29 is 14.2 Å². The molecule has 0 aliphatic carbocycles. The summed E-state index contributed by atoms with van der Waals surface area (Å²) in [5, 5.41) is 0.679. The van der Waals surface area contributed by atoms with Crippen molar-refractivity contribution in [2.24, 2.45) is 5.92 Å². The summed E-state index contributed by atoms with van der Waals surface area (Å²) in [5.74, 6) is 2.11. The van der Waals surface area contributed by atoms with Crippen LogP contribution in [0.15, 0.2) is 12.1 Å². The average molecular weight is 342 g/mol. The van der Waals surface area contributed by atoms with Crippen LogP contribution >= 0.6 is 11.6 Å². The van der Waals surface area contributed by atoms with Gasteiger partial charge in [-0.1, -0.05) is 11.6 Å². The van der Waals surface area contributed by atoms with Gasteiger partial charge in [0, 0.05) is 36.9 Å². The van der Waals surface area contributed by atoms with Crippen molar-refractivity contribution in [3.8, 4) is 11.5 Å². The molecule has 1 fully saturated rings. The number of methoxy groups -OCH3 is 2. The molecule has 0 amide bonds. The van der Waals surface area contributed by atoms with E-state index in [1.165, 1.54) is 12.8 Å². The molecule has 0 aromatic heterocycles. The molecule has 0 bridgehead atoms. The Balaban J connectivity index is 2.18. The molecular weight excluding hydrogens is 314 g/mol. The standard InChI is InChI=1S/C18H28ClNO3/c1-13(2)23-18-15(8-16(19)9-17(18)22-4)11-20-7-5-6-14(10-20)12-21-3/h8-9,13-14H,5-7,10-12H2,1-4H3. The number of hydrogen-bond donors (Lipinski definition) is 0. The summed E-state index contributed by atoms with van der Waals surface area (Å²) in [4.78, 5) is 2.45. The lowest BCUT2D eigenvalue weighted by molar-refractivity contribution is 0.0865. The molecule has 0 radical (unpaired) electrons. The van der Waals surface area contributed by atoms with Gasteiger partial charge >= 0.3 is 0 Å². The predicted molar refractivity (Wildman–Crippen MR) is 93.6 cm³/mol. The normalized spacial score (nSPS) is 19.1. The molecule has 1 aliphatic heterocycles. The second-order valence-electron chi connectivity index (χ2n) is 6.46. The zero-order valence-corrected chi connectivity index (χ0v) is 15.4. The van der Waals surface area contributed by atoms with Crippen molar-refractivity contribution in [3.63, 3.8) is 0 Å². The number of nitrogens with zero attached hydrogens (tertiary/aromatic N) is 1. The first-order chi connectivity index (χ1) is 11.0. The van der Waals surface area contributed by atoms with Crippen LogP contribution in [0.3, 0.4) is 0 Å². The Morgan fingerprint density at radius 3 is 2.74 bits per heavy atom. The summed E-state index contributed by atoms with van der Waals surface area (Å²) in [6.07, 6.45) is 2.52. The van der Waals surface area contributed by atoms with E-state index in [9.17, 15) is 0 Å². The smallest absolute Gasteiger partial charge is 0.166 e. The Morgan fingerprint density at radius 2 is 2.09 bits per heavy atom. The molecule has 0 spiro atoms. The third kappa shape index (κ3) is 5.27. The van der Waals surface area contributed by atoms with Gasteiger partial charge in [-0.25, -0.2) is 0 Å². The molecule has 0 saturated carbocycles. The lowest BCUT2D eigenvalue weighted by Gasteiger charge is -2.33. The molecule has 4 nitrogen and oxygen atoms in total. The average Bonchev–Trinajstić information content (AvgIpc) is 2.50. The van der Waals surface area contributed by atoms with E-state index in [4.69, 9.17) is 25.8 Å². The third-order valence-electron chi connectivity index (χ3n) is 4.07. The van der Waals surface area contributed by atoms with Gasteiger partial charge in [-0.2, -0.15) is 0 Å². The first-order valence-electron chi connectivity index (χ1n) is 8.27. The van der Waals surface area contributed by atoms with Gasteiger partial charge < -0.3 is 14.2 Å². The maximum absolute atomic E-state index is 6.26. The number of ether oxygens (including phenoxy) is 3. The van der Waals surface area contributed by atoms with Crippen LogP contribution < -0.4 is 9.47 Å². The molecule has 130 valence electrons. The van der Waals surface area contributed by atoms with Crippen molar-refractivity contribution in [2.75, 3.05) is 33.9 Å². The summed E-state index contributed by atoms with van der Waals surface area (Å²) in [6.45, 7) is 7.82. The molecule has 0 N–H and O–H groups in total. The zero-order chi connectivity index (χ0) is 16.8.